The van der Waals surface area contributed by atoms with Crippen LogP contribution in [-0.4, -0.2) is 43.0 Å². The molecule has 0 aromatic carbocycles. The molecular weight excluding hydrogens is 164 g/mol. The van der Waals surface area contributed by atoms with Crippen LogP contribution in [-0.2, 0) is 0 Å². The number of rotatable bonds is 1. The lowest BCUT2D eigenvalue weighted by atomic mass is 9.95. The SMILES string of the molecule is CN(C)C(=O)N(C)C1CC[CH]CC1. The van der Waals surface area contributed by atoms with Crippen molar-refractivity contribution in [3.05, 3.63) is 6.42 Å². The van der Waals surface area contributed by atoms with Gasteiger partial charge in [0.2, 0.25) is 0 Å². The molecule has 1 radical (unpaired) electrons. The number of carbonyl (C=O) groups excluding carboxylic acids is 1. The van der Waals surface area contributed by atoms with Crippen LogP contribution in [0.25, 0.3) is 0 Å². The van der Waals surface area contributed by atoms with Gasteiger partial charge in [0.05, 0.1) is 0 Å². The zero-order valence-electron chi connectivity index (χ0n) is 8.79. The largest absolute Gasteiger partial charge is 0.331 e. The minimum atomic E-state index is 0.118. The van der Waals surface area contributed by atoms with Crippen LogP contribution in [0.3, 0.4) is 0 Å². The Morgan fingerprint density at radius 3 is 2.23 bits per heavy atom. The van der Waals surface area contributed by atoms with Gasteiger partial charge < -0.3 is 9.80 Å². The van der Waals surface area contributed by atoms with E-state index in [1.165, 1.54) is 0 Å². The molecule has 1 rings (SSSR count). The normalized spacial score (nSPS) is 18.4. The summed E-state index contributed by atoms with van der Waals surface area (Å²) < 4.78 is 0. The number of urea groups is 1. The number of amides is 2. The number of hydrogen-bond acceptors (Lipinski definition) is 1. The van der Waals surface area contributed by atoms with E-state index < -0.39 is 0 Å². The number of carbonyl (C=O) groups is 1. The predicted octanol–water partition coefficient (Wildman–Crippen LogP) is 1.75. The van der Waals surface area contributed by atoms with Gasteiger partial charge in [-0.1, -0.05) is 0 Å². The van der Waals surface area contributed by atoms with E-state index in [0.29, 0.717) is 6.04 Å². The van der Waals surface area contributed by atoms with Gasteiger partial charge in [-0.15, -0.1) is 0 Å². The molecule has 0 aliphatic heterocycles. The Morgan fingerprint density at radius 1 is 1.23 bits per heavy atom. The summed E-state index contributed by atoms with van der Waals surface area (Å²) in [6, 6.07) is 0.562. The van der Waals surface area contributed by atoms with Crippen LogP contribution in [0, 0.1) is 6.42 Å². The van der Waals surface area contributed by atoms with E-state index in [0.717, 1.165) is 25.7 Å². The van der Waals surface area contributed by atoms with Gasteiger partial charge in [0.25, 0.3) is 0 Å². The van der Waals surface area contributed by atoms with E-state index in [9.17, 15) is 4.79 Å². The maximum Gasteiger partial charge on any atom is 0.319 e. The average molecular weight is 183 g/mol. The summed E-state index contributed by atoms with van der Waals surface area (Å²) in [7, 11) is 5.50. The highest BCUT2D eigenvalue weighted by Crippen LogP contribution is 2.21. The van der Waals surface area contributed by atoms with Crippen molar-refractivity contribution in [1.29, 1.82) is 0 Å². The monoisotopic (exact) mass is 183 g/mol. The smallest absolute Gasteiger partial charge is 0.319 e. The molecule has 0 bridgehead atoms. The van der Waals surface area contributed by atoms with Crippen molar-refractivity contribution in [2.45, 2.75) is 31.7 Å². The van der Waals surface area contributed by atoms with Gasteiger partial charge >= 0.3 is 6.03 Å². The lowest BCUT2D eigenvalue weighted by Crippen LogP contribution is -2.43. The second kappa shape index (κ2) is 4.49. The lowest BCUT2D eigenvalue weighted by Gasteiger charge is -2.32. The molecule has 0 spiro atoms. The molecule has 1 fully saturated rings. The zero-order valence-corrected chi connectivity index (χ0v) is 8.79. The van der Waals surface area contributed by atoms with Crippen LogP contribution < -0.4 is 0 Å². The molecule has 0 heterocycles. The fourth-order valence-corrected chi connectivity index (χ4v) is 1.77. The summed E-state index contributed by atoms with van der Waals surface area (Å²) >= 11 is 0. The van der Waals surface area contributed by atoms with Crippen LogP contribution in [0.15, 0.2) is 0 Å². The van der Waals surface area contributed by atoms with Crippen molar-refractivity contribution >= 4 is 6.03 Å². The summed E-state index contributed by atoms with van der Waals surface area (Å²) in [5, 5.41) is 0. The standard InChI is InChI=1S/C10H19N2O/c1-11(2)10(13)12(3)9-7-5-4-6-8-9/h4,9H,5-8H2,1-3H3. The van der Waals surface area contributed by atoms with E-state index in [-0.39, 0.29) is 6.03 Å². The van der Waals surface area contributed by atoms with Crippen molar-refractivity contribution < 1.29 is 4.79 Å². The Balaban J connectivity index is 2.45. The highest BCUT2D eigenvalue weighted by atomic mass is 16.2. The molecule has 1 aliphatic rings. The van der Waals surface area contributed by atoms with Gasteiger partial charge in [0.1, 0.15) is 0 Å². The van der Waals surface area contributed by atoms with Gasteiger partial charge in [-0.2, -0.15) is 0 Å². The molecule has 0 aromatic rings. The molecule has 0 saturated heterocycles. The molecule has 3 nitrogen and oxygen atoms in total. The molecule has 0 unspecified atom stereocenters. The first-order valence-corrected chi connectivity index (χ1v) is 4.88. The van der Waals surface area contributed by atoms with Gasteiger partial charge in [-0.05, 0) is 32.1 Å². The minimum absolute atomic E-state index is 0.118. The topological polar surface area (TPSA) is 23.6 Å². The van der Waals surface area contributed by atoms with E-state index in [2.05, 4.69) is 6.42 Å². The number of hydrogen-bond donors (Lipinski definition) is 0. The molecule has 0 atom stereocenters. The highest BCUT2D eigenvalue weighted by molar-refractivity contribution is 5.73. The Morgan fingerprint density at radius 2 is 1.77 bits per heavy atom. The van der Waals surface area contributed by atoms with Crippen LogP contribution in [0.1, 0.15) is 25.7 Å². The Kier molecular flexibility index (Phi) is 3.58. The minimum Gasteiger partial charge on any atom is -0.331 e. The maximum atomic E-state index is 11.6. The van der Waals surface area contributed by atoms with E-state index in [1.54, 1.807) is 19.0 Å². The second-order valence-electron chi connectivity index (χ2n) is 3.89. The third-order valence-corrected chi connectivity index (χ3v) is 2.64. The average Bonchev–Trinajstić information content (AvgIpc) is 2.17. The first kappa shape index (κ1) is 10.4. The molecule has 2 amide bonds. The first-order chi connectivity index (χ1) is 6.13. The quantitative estimate of drug-likeness (QED) is 0.607. The maximum absolute atomic E-state index is 11.6. The van der Waals surface area contributed by atoms with Crippen LogP contribution in [0.4, 0.5) is 4.79 Å². The summed E-state index contributed by atoms with van der Waals surface area (Å²) in [6.45, 7) is 0. The third-order valence-electron chi connectivity index (χ3n) is 2.64. The Hall–Kier alpha value is -0.730. The summed E-state index contributed by atoms with van der Waals surface area (Å²) in [5.41, 5.74) is 0. The van der Waals surface area contributed by atoms with Crippen LogP contribution in [0.2, 0.25) is 0 Å². The second-order valence-corrected chi connectivity index (χ2v) is 3.89. The van der Waals surface area contributed by atoms with Gasteiger partial charge in [-0.3, -0.25) is 0 Å². The van der Waals surface area contributed by atoms with E-state index in [4.69, 9.17) is 0 Å². The lowest BCUT2D eigenvalue weighted by molar-refractivity contribution is 0.154. The fraction of sp³-hybridized carbons (Fsp3) is 0.800. The molecular formula is C10H19N2O. The highest BCUT2D eigenvalue weighted by Gasteiger charge is 2.22. The van der Waals surface area contributed by atoms with Crippen molar-refractivity contribution in [3.63, 3.8) is 0 Å². The Bertz CT molecular complexity index is 174. The molecule has 0 aromatic heterocycles. The van der Waals surface area contributed by atoms with Crippen molar-refractivity contribution in [2.75, 3.05) is 21.1 Å². The first-order valence-electron chi connectivity index (χ1n) is 4.88. The van der Waals surface area contributed by atoms with Crippen molar-refractivity contribution in [2.24, 2.45) is 0 Å². The summed E-state index contributed by atoms with van der Waals surface area (Å²) in [4.78, 5) is 15.1. The number of nitrogens with zero attached hydrogens (tertiary/aromatic N) is 2. The van der Waals surface area contributed by atoms with Crippen LogP contribution >= 0.6 is 0 Å². The Labute approximate surface area is 80.7 Å². The van der Waals surface area contributed by atoms with Gasteiger partial charge in [0.15, 0.2) is 0 Å². The third kappa shape index (κ3) is 2.61. The van der Waals surface area contributed by atoms with Crippen molar-refractivity contribution in [1.82, 2.24) is 9.80 Å². The van der Waals surface area contributed by atoms with Crippen LogP contribution in [0.5, 0.6) is 0 Å². The molecule has 3 heteroatoms. The van der Waals surface area contributed by atoms with Gasteiger partial charge in [-0.25, -0.2) is 4.79 Å². The van der Waals surface area contributed by atoms with Crippen molar-refractivity contribution in [3.8, 4) is 0 Å². The predicted molar refractivity (Wildman–Crippen MR) is 53.4 cm³/mol. The molecule has 1 aliphatic carbocycles. The molecule has 75 valence electrons. The molecule has 0 N–H and O–H groups in total. The van der Waals surface area contributed by atoms with Gasteiger partial charge in [0, 0.05) is 27.2 Å². The zero-order chi connectivity index (χ0) is 9.84. The summed E-state index contributed by atoms with van der Waals surface area (Å²) in [6.07, 6.45) is 6.85. The fourth-order valence-electron chi connectivity index (χ4n) is 1.77. The van der Waals surface area contributed by atoms with E-state index in [1.807, 2.05) is 11.9 Å². The molecule has 1 saturated carbocycles. The molecule has 13 heavy (non-hydrogen) atoms. The van der Waals surface area contributed by atoms with E-state index >= 15 is 0 Å². The summed E-state index contributed by atoms with van der Waals surface area (Å²) in [5.74, 6) is 0.